The van der Waals surface area contributed by atoms with Gasteiger partial charge in [0.05, 0.1) is 19.4 Å². The highest BCUT2D eigenvalue weighted by Crippen LogP contribution is 2.19. The van der Waals surface area contributed by atoms with Crippen LogP contribution in [0.2, 0.25) is 0 Å². The molecule has 1 fully saturated rings. The maximum absolute atomic E-state index is 13.2. The fourth-order valence-electron chi connectivity index (χ4n) is 2.77. The summed E-state index contributed by atoms with van der Waals surface area (Å²) >= 11 is 0. The maximum atomic E-state index is 13.2. The second kappa shape index (κ2) is 7.29. The number of nitrogens with zero attached hydrogens (tertiary/aromatic N) is 2. The molecular weight excluding hydrogens is 313 g/mol. The lowest BCUT2D eigenvalue weighted by Crippen LogP contribution is -2.48. The van der Waals surface area contributed by atoms with E-state index in [1.54, 1.807) is 18.3 Å². The predicted molar refractivity (Wildman–Crippen MR) is 86.3 cm³/mol. The van der Waals surface area contributed by atoms with Gasteiger partial charge in [0.25, 0.3) is 0 Å². The van der Waals surface area contributed by atoms with Crippen molar-refractivity contribution in [1.82, 2.24) is 15.1 Å². The molecule has 130 valence electrons. The number of hydrogen-bond donors (Lipinski definition) is 2. The molecule has 1 aromatic heterocycles. The molecule has 2 heterocycles. The molecule has 1 aliphatic heterocycles. The number of aryl methyl sites for hydroxylation is 1. The normalized spacial score (nSPS) is 22.3. The lowest BCUT2D eigenvalue weighted by molar-refractivity contribution is -0.0647. The Morgan fingerprint density at radius 3 is 3.12 bits per heavy atom. The van der Waals surface area contributed by atoms with Crippen molar-refractivity contribution in [3.05, 3.63) is 47.5 Å². The maximum Gasteiger partial charge on any atom is 0.134 e. The van der Waals surface area contributed by atoms with Gasteiger partial charge in [0.2, 0.25) is 0 Å². The lowest BCUT2D eigenvalue weighted by Gasteiger charge is -2.30. The summed E-state index contributed by atoms with van der Waals surface area (Å²) in [5.74, 6) is 0.0265. The molecule has 7 heteroatoms. The Balaban J connectivity index is 1.63. The molecule has 1 aromatic carbocycles. The Labute approximate surface area is 140 Å². The van der Waals surface area contributed by atoms with E-state index < -0.39 is 5.60 Å². The van der Waals surface area contributed by atoms with Gasteiger partial charge in [-0.15, -0.1) is 0 Å². The van der Waals surface area contributed by atoms with Crippen LogP contribution >= 0.6 is 0 Å². The molecule has 1 atom stereocenters. The highest BCUT2D eigenvalue weighted by atomic mass is 19.1. The van der Waals surface area contributed by atoms with Crippen LogP contribution < -0.4 is 4.74 Å². The van der Waals surface area contributed by atoms with E-state index >= 15 is 0 Å². The van der Waals surface area contributed by atoms with Crippen molar-refractivity contribution in [2.75, 3.05) is 32.9 Å². The minimum Gasteiger partial charge on any atom is -0.490 e. The van der Waals surface area contributed by atoms with Gasteiger partial charge < -0.3 is 14.6 Å². The Hall–Kier alpha value is -1.96. The first-order valence-electron chi connectivity index (χ1n) is 7.94. The van der Waals surface area contributed by atoms with Gasteiger partial charge in [0, 0.05) is 37.0 Å². The van der Waals surface area contributed by atoms with Crippen molar-refractivity contribution < 1.29 is 19.0 Å². The Kier molecular flexibility index (Phi) is 5.13. The minimum absolute atomic E-state index is 0.0390. The number of aromatic nitrogens is 2. The van der Waals surface area contributed by atoms with Gasteiger partial charge in [0.15, 0.2) is 0 Å². The van der Waals surface area contributed by atoms with E-state index in [-0.39, 0.29) is 19.0 Å². The van der Waals surface area contributed by atoms with Crippen LogP contribution in [0.3, 0.4) is 0 Å². The van der Waals surface area contributed by atoms with Gasteiger partial charge in [-0.2, -0.15) is 5.10 Å². The molecule has 3 rings (SSSR count). The van der Waals surface area contributed by atoms with Crippen LogP contribution in [0.4, 0.5) is 4.39 Å². The predicted octanol–water partition coefficient (Wildman–Crippen LogP) is 1.50. The second-order valence-electron chi connectivity index (χ2n) is 6.25. The molecule has 0 saturated carbocycles. The van der Waals surface area contributed by atoms with Crippen molar-refractivity contribution in [3.63, 3.8) is 0 Å². The minimum atomic E-state index is -1.15. The smallest absolute Gasteiger partial charge is 0.134 e. The molecule has 1 aliphatic rings. The third kappa shape index (κ3) is 4.31. The summed E-state index contributed by atoms with van der Waals surface area (Å²) in [5, 5.41) is 17.8. The van der Waals surface area contributed by atoms with Gasteiger partial charge in [-0.1, -0.05) is 6.07 Å². The van der Waals surface area contributed by atoms with Crippen molar-refractivity contribution in [3.8, 4) is 5.75 Å². The van der Waals surface area contributed by atoms with Crippen LogP contribution in [0.25, 0.3) is 0 Å². The summed E-state index contributed by atoms with van der Waals surface area (Å²) in [7, 11) is 0. The van der Waals surface area contributed by atoms with Gasteiger partial charge in [-0.05, 0) is 19.1 Å². The third-order valence-corrected chi connectivity index (χ3v) is 4.07. The first-order valence-corrected chi connectivity index (χ1v) is 7.94. The van der Waals surface area contributed by atoms with Crippen LogP contribution in [0.15, 0.2) is 30.5 Å². The monoisotopic (exact) mass is 335 g/mol. The van der Waals surface area contributed by atoms with E-state index in [2.05, 4.69) is 15.1 Å². The van der Waals surface area contributed by atoms with Crippen LogP contribution in [0.5, 0.6) is 5.75 Å². The number of β-amino-alcohol motifs (C(OH)–C–C–N with tert-alkyl or cyclic N) is 1. The van der Waals surface area contributed by atoms with E-state index in [0.29, 0.717) is 32.0 Å². The molecular formula is C17H22FN3O3. The molecule has 2 aromatic rings. The van der Waals surface area contributed by atoms with Gasteiger partial charge in [0.1, 0.15) is 23.8 Å². The quantitative estimate of drug-likeness (QED) is 0.866. The fraction of sp³-hybridized carbons (Fsp3) is 0.471. The highest BCUT2D eigenvalue weighted by molar-refractivity contribution is 5.22. The Bertz CT molecular complexity index is 679. The van der Waals surface area contributed by atoms with Crippen LogP contribution in [0, 0.1) is 12.7 Å². The number of ether oxygens (including phenoxy) is 2. The summed E-state index contributed by atoms with van der Waals surface area (Å²) in [6.45, 7) is 4.53. The summed E-state index contributed by atoms with van der Waals surface area (Å²) in [6.07, 6.45) is 1.80. The van der Waals surface area contributed by atoms with Crippen LogP contribution in [-0.2, 0) is 11.3 Å². The molecule has 0 unspecified atom stereocenters. The van der Waals surface area contributed by atoms with E-state index in [4.69, 9.17) is 9.47 Å². The second-order valence-corrected chi connectivity index (χ2v) is 6.25. The number of halogens is 1. The number of rotatable bonds is 5. The molecule has 1 saturated heterocycles. The number of aromatic amines is 1. The number of H-pyrrole nitrogens is 1. The lowest BCUT2D eigenvalue weighted by atomic mass is 10.1. The molecule has 0 aliphatic carbocycles. The van der Waals surface area contributed by atoms with E-state index in [9.17, 15) is 9.50 Å². The molecule has 0 spiro atoms. The zero-order chi connectivity index (χ0) is 17.0. The summed E-state index contributed by atoms with van der Waals surface area (Å²) in [6, 6.07) is 5.89. The molecule has 6 nitrogen and oxygen atoms in total. The van der Waals surface area contributed by atoms with E-state index in [0.717, 1.165) is 11.3 Å². The van der Waals surface area contributed by atoms with Crippen molar-refractivity contribution in [1.29, 1.82) is 0 Å². The standard InChI is InChI=1S/C17H22FN3O3/c1-13-14(8-19-20-13)9-21-5-6-23-11-17(22,10-21)12-24-16-4-2-3-15(18)7-16/h2-4,7-8,22H,5-6,9-12H2,1H3,(H,19,20)/t17-/m0/s1. The van der Waals surface area contributed by atoms with Crippen molar-refractivity contribution in [2.24, 2.45) is 0 Å². The number of hydrogen-bond acceptors (Lipinski definition) is 5. The average Bonchev–Trinajstić information content (AvgIpc) is 2.85. The van der Waals surface area contributed by atoms with E-state index in [1.165, 1.54) is 12.1 Å². The molecule has 0 bridgehead atoms. The first kappa shape index (κ1) is 16.9. The zero-order valence-corrected chi connectivity index (χ0v) is 13.7. The fourth-order valence-corrected chi connectivity index (χ4v) is 2.77. The topological polar surface area (TPSA) is 70.6 Å². The van der Waals surface area contributed by atoms with E-state index in [1.807, 2.05) is 6.92 Å². The summed E-state index contributed by atoms with van der Waals surface area (Å²) < 4.78 is 24.3. The van der Waals surface area contributed by atoms with Gasteiger partial charge >= 0.3 is 0 Å². The number of benzene rings is 1. The summed E-state index contributed by atoms with van der Waals surface area (Å²) in [4.78, 5) is 2.11. The molecule has 2 N–H and O–H groups in total. The molecule has 0 amide bonds. The summed E-state index contributed by atoms with van der Waals surface area (Å²) in [5.41, 5.74) is 0.950. The van der Waals surface area contributed by atoms with Gasteiger partial charge in [-0.25, -0.2) is 4.39 Å². The highest BCUT2D eigenvalue weighted by Gasteiger charge is 2.33. The van der Waals surface area contributed by atoms with Gasteiger partial charge in [-0.3, -0.25) is 10.00 Å². The Morgan fingerprint density at radius 2 is 2.38 bits per heavy atom. The average molecular weight is 335 g/mol. The SMILES string of the molecule is Cc1[nH]ncc1CN1CCOC[C@](O)(COc2cccc(F)c2)C1. The zero-order valence-electron chi connectivity index (χ0n) is 13.7. The van der Waals surface area contributed by atoms with Crippen LogP contribution in [-0.4, -0.2) is 58.7 Å². The largest absolute Gasteiger partial charge is 0.490 e. The van der Waals surface area contributed by atoms with Crippen molar-refractivity contribution >= 4 is 0 Å². The Morgan fingerprint density at radius 1 is 1.50 bits per heavy atom. The van der Waals surface area contributed by atoms with Crippen LogP contribution in [0.1, 0.15) is 11.3 Å². The van der Waals surface area contributed by atoms with Crippen molar-refractivity contribution in [2.45, 2.75) is 19.1 Å². The number of nitrogens with one attached hydrogen (secondary N) is 1. The molecule has 24 heavy (non-hydrogen) atoms. The molecule has 0 radical (unpaired) electrons. The third-order valence-electron chi connectivity index (χ3n) is 4.07. The first-order chi connectivity index (χ1) is 11.5. The number of aliphatic hydroxyl groups is 1.